The van der Waals surface area contributed by atoms with Crippen molar-refractivity contribution in [2.45, 2.75) is 6.23 Å². The van der Waals surface area contributed by atoms with Gasteiger partial charge in [0.1, 0.15) is 0 Å². The van der Waals surface area contributed by atoms with E-state index in [2.05, 4.69) is 20.9 Å². The summed E-state index contributed by atoms with van der Waals surface area (Å²) < 4.78 is 8.68. The molecule has 0 bridgehead atoms. The summed E-state index contributed by atoms with van der Waals surface area (Å²) in [6, 6.07) is 0. The second-order valence-corrected chi connectivity index (χ2v) is 1.63. The minimum Gasteiger partial charge on any atom is -0.450 e. The minimum absolute atomic E-state index is 0.262. The summed E-state index contributed by atoms with van der Waals surface area (Å²) in [5, 5.41) is 8.01. The van der Waals surface area contributed by atoms with Gasteiger partial charge in [0, 0.05) is 6.08 Å². The molecule has 0 rings (SSSR count). The van der Waals surface area contributed by atoms with Crippen molar-refractivity contribution in [2.24, 2.45) is 0 Å². The van der Waals surface area contributed by atoms with Gasteiger partial charge in [0.2, 0.25) is 6.61 Å². The second kappa shape index (κ2) is 5.75. The molecule has 0 saturated carbocycles. The SMILES string of the molecule is [C-]#[N+]C(COC(=O)C=C)OC#N. The molecule has 1 unspecified atom stereocenters. The second-order valence-electron chi connectivity index (χ2n) is 1.63. The number of ether oxygens (including phenoxy) is 2. The van der Waals surface area contributed by atoms with Gasteiger partial charge in [0.25, 0.3) is 6.26 Å². The van der Waals surface area contributed by atoms with Crippen LogP contribution in [0.3, 0.4) is 0 Å². The standard InChI is InChI=1S/C7H6N2O3/c1-3-7(10)11-4-6(9-2)12-5-8/h3,6H,1,4H2. The summed E-state index contributed by atoms with van der Waals surface area (Å²) in [6.07, 6.45) is 1.24. The van der Waals surface area contributed by atoms with Gasteiger partial charge < -0.3 is 9.47 Å². The molecule has 0 spiro atoms. The Hall–Kier alpha value is -2.01. The normalized spacial score (nSPS) is 10.2. The maximum absolute atomic E-state index is 10.5. The van der Waals surface area contributed by atoms with Crippen molar-refractivity contribution in [3.05, 3.63) is 24.1 Å². The number of hydrogen-bond donors (Lipinski definition) is 0. The molecule has 0 radical (unpaired) electrons. The Morgan fingerprint density at radius 1 is 1.92 bits per heavy atom. The summed E-state index contributed by atoms with van der Waals surface area (Å²) in [5.41, 5.74) is 0. The molecule has 0 saturated heterocycles. The third kappa shape index (κ3) is 3.91. The lowest BCUT2D eigenvalue weighted by atomic mass is 10.6. The molecule has 12 heavy (non-hydrogen) atoms. The zero-order chi connectivity index (χ0) is 9.40. The van der Waals surface area contributed by atoms with Crippen molar-refractivity contribution in [1.29, 1.82) is 5.26 Å². The fourth-order valence-corrected chi connectivity index (χ4v) is 0.371. The predicted octanol–water partition coefficient (Wildman–Crippen LogP) is 0.459. The summed E-state index contributed by atoms with van der Waals surface area (Å²) >= 11 is 0. The maximum atomic E-state index is 10.5. The minimum atomic E-state index is -1.06. The van der Waals surface area contributed by atoms with Gasteiger partial charge in [-0.15, -0.1) is 0 Å². The van der Waals surface area contributed by atoms with E-state index in [9.17, 15) is 4.79 Å². The molecule has 0 heterocycles. The molecule has 0 fully saturated rings. The highest BCUT2D eigenvalue weighted by Gasteiger charge is 2.14. The number of rotatable bonds is 4. The lowest BCUT2D eigenvalue weighted by Gasteiger charge is -2.00. The topological polar surface area (TPSA) is 63.7 Å². The molecule has 0 aliphatic carbocycles. The van der Waals surface area contributed by atoms with E-state index in [1.165, 1.54) is 6.26 Å². The smallest absolute Gasteiger partial charge is 0.409 e. The largest absolute Gasteiger partial charge is 0.450 e. The van der Waals surface area contributed by atoms with Gasteiger partial charge in [-0.1, -0.05) is 6.58 Å². The van der Waals surface area contributed by atoms with Crippen LogP contribution in [0.4, 0.5) is 0 Å². The predicted molar refractivity (Wildman–Crippen MR) is 38.2 cm³/mol. The van der Waals surface area contributed by atoms with Gasteiger partial charge >= 0.3 is 12.2 Å². The summed E-state index contributed by atoms with van der Waals surface area (Å²) in [5.74, 6) is -0.648. The van der Waals surface area contributed by atoms with E-state index in [1.54, 1.807) is 0 Å². The van der Waals surface area contributed by atoms with Gasteiger partial charge in [-0.3, -0.25) is 4.85 Å². The molecular weight excluding hydrogens is 160 g/mol. The van der Waals surface area contributed by atoms with Crippen LogP contribution >= 0.6 is 0 Å². The number of carbonyl (C=O) groups excluding carboxylic acids is 1. The molecule has 62 valence electrons. The average molecular weight is 166 g/mol. The quantitative estimate of drug-likeness (QED) is 0.263. The molecule has 5 heteroatoms. The Bertz CT molecular complexity index is 248. The van der Waals surface area contributed by atoms with Crippen LogP contribution in [-0.4, -0.2) is 18.8 Å². The number of carbonyl (C=O) groups is 1. The first-order valence-electron chi connectivity index (χ1n) is 2.95. The molecule has 1 atom stereocenters. The Balaban J connectivity index is 3.76. The molecule has 0 amide bonds. The molecule has 0 aliphatic heterocycles. The number of nitriles is 1. The highest BCUT2D eigenvalue weighted by molar-refractivity contribution is 5.81. The van der Waals surface area contributed by atoms with Crippen molar-refractivity contribution in [3.8, 4) is 6.26 Å². The van der Waals surface area contributed by atoms with Crippen LogP contribution in [0, 0.1) is 18.1 Å². The third-order valence-corrected chi connectivity index (χ3v) is 0.868. The van der Waals surface area contributed by atoms with E-state index in [-0.39, 0.29) is 6.61 Å². The van der Waals surface area contributed by atoms with Crippen LogP contribution < -0.4 is 0 Å². The van der Waals surface area contributed by atoms with Gasteiger partial charge in [-0.25, -0.2) is 11.4 Å². The maximum Gasteiger partial charge on any atom is 0.409 e. The van der Waals surface area contributed by atoms with E-state index < -0.39 is 12.2 Å². The highest BCUT2D eigenvalue weighted by Crippen LogP contribution is 1.94. The van der Waals surface area contributed by atoms with Crippen molar-refractivity contribution < 1.29 is 14.3 Å². The number of esters is 1. The molecular formula is C7H6N2O3. The van der Waals surface area contributed by atoms with Gasteiger partial charge in [-0.2, -0.15) is 5.26 Å². The Labute approximate surface area is 69.6 Å². The van der Waals surface area contributed by atoms with Crippen molar-refractivity contribution in [3.63, 3.8) is 0 Å². The molecule has 5 nitrogen and oxygen atoms in total. The Kier molecular flexibility index (Phi) is 4.79. The molecule has 0 aromatic carbocycles. The lowest BCUT2D eigenvalue weighted by molar-refractivity contribution is -0.139. The Morgan fingerprint density at radius 3 is 3.00 bits per heavy atom. The molecule has 0 N–H and O–H groups in total. The number of nitrogens with zero attached hydrogens (tertiary/aromatic N) is 2. The van der Waals surface area contributed by atoms with E-state index in [1.807, 2.05) is 0 Å². The Morgan fingerprint density at radius 2 is 2.58 bits per heavy atom. The van der Waals surface area contributed by atoms with E-state index >= 15 is 0 Å². The van der Waals surface area contributed by atoms with Gasteiger partial charge in [0.05, 0.1) is 0 Å². The number of hydrogen-bond acceptors (Lipinski definition) is 4. The van der Waals surface area contributed by atoms with Crippen LogP contribution in [0.15, 0.2) is 12.7 Å². The fraction of sp³-hybridized carbons (Fsp3) is 0.286. The van der Waals surface area contributed by atoms with Crippen molar-refractivity contribution >= 4 is 5.97 Å². The zero-order valence-corrected chi connectivity index (χ0v) is 6.19. The highest BCUT2D eigenvalue weighted by atomic mass is 16.6. The van der Waals surface area contributed by atoms with Crippen LogP contribution in [0.25, 0.3) is 4.85 Å². The van der Waals surface area contributed by atoms with Crippen molar-refractivity contribution in [2.75, 3.05) is 6.61 Å². The van der Waals surface area contributed by atoms with E-state index in [0.29, 0.717) is 0 Å². The summed E-state index contributed by atoms with van der Waals surface area (Å²) in [7, 11) is 0. The zero-order valence-electron chi connectivity index (χ0n) is 6.19. The lowest BCUT2D eigenvalue weighted by Crippen LogP contribution is -2.15. The fourth-order valence-electron chi connectivity index (χ4n) is 0.371. The third-order valence-electron chi connectivity index (χ3n) is 0.868. The summed E-state index contributed by atoms with van der Waals surface area (Å²) in [6.45, 7) is 9.39. The molecule has 0 aromatic heterocycles. The monoisotopic (exact) mass is 166 g/mol. The van der Waals surface area contributed by atoms with Gasteiger partial charge in [-0.05, 0) is 0 Å². The van der Waals surface area contributed by atoms with E-state index in [4.69, 9.17) is 11.8 Å². The average Bonchev–Trinajstić information content (AvgIpc) is 2.11. The molecule has 0 aromatic rings. The van der Waals surface area contributed by atoms with Crippen LogP contribution in [0.5, 0.6) is 0 Å². The first kappa shape index (κ1) is 9.99. The summed E-state index contributed by atoms with van der Waals surface area (Å²) in [4.78, 5) is 13.3. The van der Waals surface area contributed by atoms with E-state index in [0.717, 1.165) is 6.08 Å². The van der Waals surface area contributed by atoms with Crippen molar-refractivity contribution in [1.82, 2.24) is 0 Å². The van der Waals surface area contributed by atoms with Crippen LogP contribution in [-0.2, 0) is 14.3 Å². The van der Waals surface area contributed by atoms with Crippen LogP contribution in [0.1, 0.15) is 0 Å². The first-order chi connectivity index (χ1) is 5.74. The molecule has 0 aliphatic rings. The van der Waals surface area contributed by atoms with Gasteiger partial charge in [0.15, 0.2) is 0 Å². The first-order valence-corrected chi connectivity index (χ1v) is 2.95. The van der Waals surface area contributed by atoms with Crippen LogP contribution in [0.2, 0.25) is 0 Å².